The molecule has 0 aromatic heterocycles. The molecule has 1 aromatic rings. The highest BCUT2D eigenvalue weighted by molar-refractivity contribution is 8.23. The lowest BCUT2D eigenvalue weighted by Crippen LogP contribution is -2.07. The van der Waals surface area contributed by atoms with Gasteiger partial charge in [-0.3, -0.25) is 4.79 Å². The number of carbonyl (C=O) groups excluding carboxylic acids is 1. The molecule has 0 saturated carbocycles. The minimum absolute atomic E-state index is 0.212. The van der Waals surface area contributed by atoms with Gasteiger partial charge in [-0.05, 0) is 19.1 Å². The van der Waals surface area contributed by atoms with Crippen molar-refractivity contribution in [2.24, 2.45) is 0 Å². The maximum absolute atomic E-state index is 10.9. The van der Waals surface area contributed by atoms with Crippen molar-refractivity contribution < 1.29 is 9.53 Å². The van der Waals surface area contributed by atoms with Gasteiger partial charge in [0.2, 0.25) is 0 Å². The molecule has 0 fully saturated rings. The van der Waals surface area contributed by atoms with E-state index < -0.39 is 0 Å². The zero-order chi connectivity index (χ0) is 12.7. The highest BCUT2D eigenvalue weighted by Crippen LogP contribution is 2.13. The molecule has 0 amide bonds. The van der Waals surface area contributed by atoms with Gasteiger partial charge in [0.05, 0.1) is 13.5 Å². The summed E-state index contributed by atoms with van der Waals surface area (Å²) in [6.45, 7) is 2.03. The number of anilines is 1. The van der Waals surface area contributed by atoms with Crippen molar-refractivity contribution >= 4 is 40.0 Å². The summed E-state index contributed by atoms with van der Waals surface area (Å²) in [7, 11) is 1.38. The quantitative estimate of drug-likeness (QED) is 0.672. The largest absolute Gasteiger partial charge is 0.469 e. The third-order valence-corrected chi connectivity index (χ3v) is 3.29. The minimum Gasteiger partial charge on any atom is -0.469 e. The second kappa shape index (κ2) is 7.29. The fourth-order valence-corrected chi connectivity index (χ4v) is 2.13. The van der Waals surface area contributed by atoms with E-state index in [0.717, 1.165) is 5.69 Å². The lowest BCUT2D eigenvalue weighted by molar-refractivity contribution is -0.140. The van der Waals surface area contributed by atoms with E-state index in [1.165, 1.54) is 24.4 Å². The van der Waals surface area contributed by atoms with Crippen molar-refractivity contribution in [1.82, 2.24) is 0 Å². The molecule has 0 unspecified atom stereocenters. The molecule has 0 bridgehead atoms. The van der Waals surface area contributed by atoms with E-state index in [1.807, 2.05) is 31.2 Å². The molecule has 0 aliphatic heterocycles. The first-order chi connectivity index (χ1) is 8.11. The first kappa shape index (κ1) is 14.0. The molecule has 1 aromatic carbocycles. The molecule has 0 atom stereocenters. The van der Waals surface area contributed by atoms with Gasteiger partial charge in [-0.15, -0.1) is 0 Å². The van der Waals surface area contributed by atoms with Crippen LogP contribution in [-0.2, 0) is 9.53 Å². The highest BCUT2D eigenvalue weighted by atomic mass is 32.2. The van der Waals surface area contributed by atoms with Gasteiger partial charge in [-0.2, -0.15) is 0 Å². The summed E-state index contributed by atoms with van der Waals surface area (Å²) < 4.78 is 5.21. The molecule has 0 radical (unpaired) electrons. The number of esters is 1. The molecule has 92 valence electrons. The number of hydrogen-bond acceptors (Lipinski definition) is 4. The van der Waals surface area contributed by atoms with Crippen LogP contribution in [0.25, 0.3) is 0 Å². The van der Waals surface area contributed by atoms with Crippen LogP contribution in [0.3, 0.4) is 0 Å². The van der Waals surface area contributed by atoms with Gasteiger partial charge < -0.3 is 10.1 Å². The monoisotopic (exact) mass is 269 g/mol. The summed E-state index contributed by atoms with van der Waals surface area (Å²) in [5.74, 6) is 0.417. The van der Waals surface area contributed by atoms with E-state index >= 15 is 0 Å². The van der Waals surface area contributed by atoms with E-state index in [9.17, 15) is 4.79 Å². The molecule has 0 aliphatic carbocycles. The number of benzene rings is 1. The molecule has 17 heavy (non-hydrogen) atoms. The molecule has 0 saturated heterocycles. The summed E-state index contributed by atoms with van der Waals surface area (Å²) in [5.41, 5.74) is 2.17. The van der Waals surface area contributed by atoms with Crippen molar-refractivity contribution in [3.63, 3.8) is 0 Å². The van der Waals surface area contributed by atoms with Crippen LogP contribution in [-0.4, -0.2) is 23.2 Å². The zero-order valence-electron chi connectivity index (χ0n) is 9.86. The van der Waals surface area contributed by atoms with Gasteiger partial charge >= 0.3 is 5.97 Å². The summed E-state index contributed by atoms with van der Waals surface area (Å²) >= 11 is 6.60. The van der Waals surface area contributed by atoms with Gasteiger partial charge in [0.1, 0.15) is 4.32 Å². The van der Waals surface area contributed by atoms with Crippen LogP contribution in [0.15, 0.2) is 24.3 Å². The van der Waals surface area contributed by atoms with Crippen molar-refractivity contribution in [3.05, 3.63) is 29.8 Å². The molecule has 1 rings (SSSR count). The van der Waals surface area contributed by atoms with E-state index in [2.05, 4.69) is 10.1 Å². The Balaban J connectivity index is 2.30. The fraction of sp³-hybridized carbons (Fsp3) is 0.333. The smallest absolute Gasteiger partial charge is 0.306 e. The summed E-state index contributed by atoms with van der Waals surface area (Å²) in [6, 6.07) is 7.99. The molecule has 0 spiro atoms. The minimum atomic E-state index is -0.212. The number of nitrogens with one attached hydrogen (secondary N) is 1. The standard InChI is InChI=1S/C12H15NO2S2/c1-9-3-5-10(6-4-9)13-12(16)17-8-7-11(14)15-2/h3-6H,7-8H2,1-2H3,(H,13,16). The number of ether oxygens (including phenoxy) is 1. The van der Waals surface area contributed by atoms with Crippen molar-refractivity contribution in [2.45, 2.75) is 13.3 Å². The van der Waals surface area contributed by atoms with Crippen molar-refractivity contribution in [2.75, 3.05) is 18.2 Å². The lowest BCUT2D eigenvalue weighted by Gasteiger charge is -2.07. The molecular weight excluding hydrogens is 254 g/mol. The Morgan fingerprint density at radius 3 is 2.65 bits per heavy atom. The molecule has 1 N–H and O–H groups in total. The van der Waals surface area contributed by atoms with E-state index in [0.29, 0.717) is 16.5 Å². The number of thiocarbonyl (C=S) groups is 1. The Hall–Kier alpha value is -1.07. The lowest BCUT2D eigenvalue weighted by atomic mass is 10.2. The van der Waals surface area contributed by atoms with Crippen LogP contribution < -0.4 is 5.32 Å². The summed E-state index contributed by atoms with van der Waals surface area (Å²) in [5, 5.41) is 3.10. The average Bonchev–Trinajstić information content (AvgIpc) is 2.32. The van der Waals surface area contributed by atoms with Crippen LogP contribution in [0.2, 0.25) is 0 Å². The molecule has 0 heterocycles. The number of thioether (sulfide) groups is 1. The van der Waals surface area contributed by atoms with Gasteiger partial charge in [-0.1, -0.05) is 41.7 Å². The van der Waals surface area contributed by atoms with Gasteiger partial charge in [0.25, 0.3) is 0 Å². The van der Waals surface area contributed by atoms with E-state index in [1.54, 1.807) is 0 Å². The number of aryl methyl sites for hydroxylation is 1. The maximum atomic E-state index is 10.9. The Morgan fingerprint density at radius 2 is 2.06 bits per heavy atom. The topological polar surface area (TPSA) is 38.3 Å². The fourth-order valence-electron chi connectivity index (χ4n) is 1.12. The second-order valence-corrected chi connectivity index (χ2v) is 5.22. The predicted molar refractivity (Wildman–Crippen MR) is 76.5 cm³/mol. The number of rotatable bonds is 4. The van der Waals surface area contributed by atoms with E-state index in [4.69, 9.17) is 12.2 Å². The Labute approximate surface area is 111 Å². The number of methoxy groups -OCH3 is 1. The molecule has 0 aliphatic rings. The summed E-state index contributed by atoms with van der Waals surface area (Å²) in [4.78, 5) is 10.9. The van der Waals surface area contributed by atoms with Crippen LogP contribution in [0.5, 0.6) is 0 Å². The number of carbonyl (C=O) groups is 1. The third kappa shape index (κ3) is 5.70. The van der Waals surface area contributed by atoms with E-state index in [-0.39, 0.29) is 5.97 Å². The van der Waals surface area contributed by atoms with Crippen LogP contribution in [0.4, 0.5) is 5.69 Å². The number of hydrogen-bond donors (Lipinski definition) is 1. The van der Waals surface area contributed by atoms with Crippen LogP contribution >= 0.6 is 24.0 Å². The zero-order valence-corrected chi connectivity index (χ0v) is 11.5. The van der Waals surface area contributed by atoms with Crippen LogP contribution in [0.1, 0.15) is 12.0 Å². The Kier molecular flexibility index (Phi) is 6.00. The molecule has 3 nitrogen and oxygen atoms in total. The van der Waals surface area contributed by atoms with Gasteiger partial charge in [0, 0.05) is 11.4 Å². The molecule has 5 heteroatoms. The Bertz CT molecular complexity index is 390. The van der Waals surface area contributed by atoms with Crippen molar-refractivity contribution in [1.29, 1.82) is 0 Å². The first-order valence-electron chi connectivity index (χ1n) is 5.19. The second-order valence-electron chi connectivity index (χ2n) is 3.45. The highest BCUT2D eigenvalue weighted by Gasteiger charge is 2.03. The third-order valence-electron chi connectivity index (χ3n) is 2.06. The van der Waals surface area contributed by atoms with Gasteiger partial charge in [-0.25, -0.2) is 0 Å². The summed E-state index contributed by atoms with van der Waals surface area (Å²) in [6.07, 6.45) is 0.372. The maximum Gasteiger partial charge on any atom is 0.306 e. The van der Waals surface area contributed by atoms with Crippen LogP contribution in [0, 0.1) is 6.92 Å². The predicted octanol–water partition coefficient (Wildman–Crippen LogP) is 2.99. The average molecular weight is 269 g/mol. The van der Waals surface area contributed by atoms with Gasteiger partial charge in [0.15, 0.2) is 0 Å². The molecular formula is C12H15NO2S2. The Morgan fingerprint density at radius 1 is 1.41 bits per heavy atom. The SMILES string of the molecule is COC(=O)CCSC(=S)Nc1ccc(C)cc1. The van der Waals surface area contributed by atoms with Crippen molar-refractivity contribution in [3.8, 4) is 0 Å². The first-order valence-corrected chi connectivity index (χ1v) is 6.58. The normalized spacial score (nSPS) is 9.76.